The van der Waals surface area contributed by atoms with E-state index in [-0.39, 0.29) is 11.6 Å². The van der Waals surface area contributed by atoms with E-state index in [1.165, 1.54) is 24.3 Å². The van der Waals surface area contributed by atoms with Crippen molar-refractivity contribution in [1.82, 2.24) is 0 Å². The van der Waals surface area contributed by atoms with E-state index < -0.39 is 5.82 Å². The van der Waals surface area contributed by atoms with Gasteiger partial charge in [0.25, 0.3) is 0 Å². The molecule has 2 aromatic carbocycles. The molecule has 0 fully saturated rings. The summed E-state index contributed by atoms with van der Waals surface area (Å²) in [4.78, 5) is 0. The maximum atomic E-state index is 12.8. The van der Waals surface area contributed by atoms with E-state index in [1.807, 2.05) is 0 Å². The average Bonchev–Trinajstić information content (AvgIpc) is 2.44. The first-order valence-corrected chi connectivity index (χ1v) is 9.63. The molecule has 2 rings (SSSR count). The average molecular weight is 602 g/mol. The monoisotopic (exact) mass is 598 g/mol. The lowest BCUT2D eigenvalue weighted by atomic mass is 10.3. The van der Waals surface area contributed by atoms with Gasteiger partial charge < -0.3 is 9.84 Å². The molecule has 0 saturated carbocycles. The van der Waals surface area contributed by atoms with Crippen molar-refractivity contribution in [3.05, 3.63) is 53.8 Å². The molecule has 9 heteroatoms. The fraction of sp³-hybridized carbons (Fsp3) is 0.143. The molecule has 0 aromatic heterocycles. The fourth-order valence-electron chi connectivity index (χ4n) is 1.34. The van der Waals surface area contributed by atoms with Gasteiger partial charge in [-0.1, -0.05) is 0 Å². The topological polar surface area (TPSA) is 29.5 Å². The summed E-state index contributed by atoms with van der Waals surface area (Å²) in [6, 6.07) is 5.07. The summed E-state index contributed by atoms with van der Waals surface area (Å²) in [6.07, 6.45) is 0. The molecule has 0 aliphatic carbocycles. The highest BCUT2D eigenvalue weighted by molar-refractivity contribution is 9.11. The molecule has 0 bridgehead atoms. The number of benzene rings is 2. The summed E-state index contributed by atoms with van der Waals surface area (Å²) >= 11 is 17.8. The van der Waals surface area contributed by atoms with E-state index in [9.17, 15) is 8.78 Å². The summed E-state index contributed by atoms with van der Waals surface area (Å²) in [7, 11) is 0. The van der Waals surface area contributed by atoms with Crippen LogP contribution in [0.4, 0.5) is 8.78 Å². The van der Waals surface area contributed by atoms with Crippen LogP contribution in [0.15, 0.2) is 42.2 Å². The van der Waals surface area contributed by atoms with Crippen LogP contribution in [0.2, 0.25) is 0 Å². The van der Waals surface area contributed by atoms with Crippen molar-refractivity contribution in [2.45, 2.75) is 0 Å². The van der Waals surface area contributed by atoms with Gasteiger partial charge in [-0.15, -0.1) is 11.6 Å². The number of phenols is 1. The van der Waals surface area contributed by atoms with E-state index in [1.54, 1.807) is 0 Å². The summed E-state index contributed by atoms with van der Waals surface area (Å²) in [6.45, 7) is 0.393. The first kappa shape index (κ1) is 21.2. The molecule has 2 nitrogen and oxygen atoms in total. The van der Waals surface area contributed by atoms with Crippen LogP contribution in [-0.2, 0) is 0 Å². The molecule has 0 radical (unpaired) electrons. The van der Waals surface area contributed by atoms with Gasteiger partial charge in [0, 0.05) is 0 Å². The number of phenolic OH excluding ortho intramolecular Hbond substituents is 1. The molecule has 0 unspecified atom stereocenters. The van der Waals surface area contributed by atoms with Crippen LogP contribution < -0.4 is 4.74 Å². The molecule has 0 heterocycles. The number of hydrogen-bond donors (Lipinski definition) is 1. The Bertz CT molecular complexity index is 640. The van der Waals surface area contributed by atoms with Crippen molar-refractivity contribution < 1.29 is 18.6 Å². The van der Waals surface area contributed by atoms with Crippen LogP contribution >= 0.6 is 75.3 Å². The van der Waals surface area contributed by atoms with Gasteiger partial charge in [0.2, 0.25) is 0 Å². The molecule has 0 atom stereocenters. The van der Waals surface area contributed by atoms with Gasteiger partial charge >= 0.3 is 0 Å². The van der Waals surface area contributed by atoms with Crippen LogP contribution in [0.25, 0.3) is 0 Å². The number of aromatic hydroxyl groups is 1. The van der Waals surface area contributed by atoms with Gasteiger partial charge in [-0.3, -0.25) is 0 Å². The standard InChI is InChI=1S/C8H6Br2ClFO.C6H3Br2FO/c9-6-3-5(12)4-7(10)8(6)13-2-1-11;7-4-1-3(9)2-5(8)6(4)10/h3-4H,1-2H2;1-2,10H. The van der Waals surface area contributed by atoms with Crippen molar-refractivity contribution in [3.8, 4) is 11.5 Å². The van der Waals surface area contributed by atoms with Gasteiger partial charge in [-0.05, 0) is 88.0 Å². The largest absolute Gasteiger partial charge is 0.506 e. The second-order valence-corrected chi connectivity index (χ2v) is 7.75. The summed E-state index contributed by atoms with van der Waals surface area (Å²) < 4.78 is 32.3. The second-order valence-electron chi connectivity index (χ2n) is 3.95. The Labute approximate surface area is 170 Å². The zero-order chi connectivity index (χ0) is 17.6. The molecule has 0 saturated heterocycles. The van der Waals surface area contributed by atoms with Crippen LogP contribution in [0.3, 0.4) is 0 Å². The highest BCUT2D eigenvalue weighted by Gasteiger charge is 2.08. The number of hydrogen-bond acceptors (Lipinski definition) is 2. The summed E-state index contributed by atoms with van der Waals surface area (Å²) in [5.41, 5.74) is 0. The number of ether oxygens (including phenoxy) is 1. The third-order valence-corrected chi connectivity index (χ3v) is 4.81. The molecular weight excluding hydrogens is 593 g/mol. The predicted octanol–water partition coefficient (Wildman–Crippen LogP) is 7.02. The Balaban J connectivity index is 0.000000238. The fourth-order valence-corrected chi connectivity index (χ4v) is 3.91. The smallest absolute Gasteiger partial charge is 0.147 e. The molecule has 1 N–H and O–H groups in total. The minimum absolute atomic E-state index is 0.0152. The zero-order valence-electron chi connectivity index (χ0n) is 11.2. The zero-order valence-corrected chi connectivity index (χ0v) is 18.3. The minimum Gasteiger partial charge on any atom is -0.506 e. The van der Waals surface area contributed by atoms with Gasteiger partial charge in [-0.2, -0.15) is 0 Å². The van der Waals surface area contributed by atoms with E-state index in [0.717, 1.165) is 0 Å². The third-order valence-electron chi connectivity index (χ3n) is 2.27. The first-order valence-electron chi connectivity index (χ1n) is 5.93. The Morgan fingerprint density at radius 2 is 1.26 bits per heavy atom. The lowest BCUT2D eigenvalue weighted by Crippen LogP contribution is -1.99. The number of halogens is 7. The molecular formula is C14H9Br4ClF2O2. The molecule has 23 heavy (non-hydrogen) atoms. The van der Waals surface area contributed by atoms with Gasteiger partial charge in [-0.25, -0.2) is 8.78 Å². The minimum atomic E-state index is -0.392. The molecule has 0 aliphatic heterocycles. The van der Waals surface area contributed by atoms with Crippen molar-refractivity contribution in [2.75, 3.05) is 12.5 Å². The molecule has 0 aliphatic rings. The second kappa shape index (κ2) is 10.2. The van der Waals surface area contributed by atoms with Crippen LogP contribution in [0, 0.1) is 11.6 Å². The quantitative estimate of drug-likeness (QED) is 0.383. The highest BCUT2D eigenvalue weighted by atomic mass is 79.9. The van der Waals surface area contributed by atoms with Gasteiger partial charge in [0.05, 0.1) is 23.8 Å². The Kier molecular flexibility index (Phi) is 9.36. The SMILES string of the molecule is Fc1cc(Br)c(OCCCl)c(Br)c1.Oc1c(Br)cc(F)cc1Br. The van der Waals surface area contributed by atoms with Gasteiger partial charge in [0.1, 0.15) is 29.7 Å². The Morgan fingerprint density at radius 1 is 0.870 bits per heavy atom. The van der Waals surface area contributed by atoms with E-state index in [0.29, 0.717) is 36.1 Å². The normalized spacial score (nSPS) is 10.0. The molecule has 126 valence electrons. The van der Waals surface area contributed by atoms with Crippen molar-refractivity contribution in [3.63, 3.8) is 0 Å². The molecule has 0 amide bonds. The van der Waals surface area contributed by atoms with Crippen LogP contribution in [0.5, 0.6) is 11.5 Å². The molecule has 0 spiro atoms. The number of alkyl halides is 1. The Hall–Kier alpha value is 0.110. The predicted molar refractivity (Wildman–Crippen MR) is 101 cm³/mol. The van der Waals surface area contributed by atoms with E-state index in [2.05, 4.69) is 63.7 Å². The maximum Gasteiger partial charge on any atom is 0.147 e. The lowest BCUT2D eigenvalue weighted by molar-refractivity contribution is 0.337. The van der Waals surface area contributed by atoms with Crippen molar-refractivity contribution in [1.29, 1.82) is 0 Å². The van der Waals surface area contributed by atoms with E-state index in [4.69, 9.17) is 21.4 Å². The first-order chi connectivity index (χ1) is 10.8. The number of rotatable bonds is 3. The highest BCUT2D eigenvalue weighted by Crippen LogP contribution is 2.34. The van der Waals surface area contributed by atoms with Crippen molar-refractivity contribution >= 4 is 75.3 Å². The Morgan fingerprint density at radius 3 is 1.65 bits per heavy atom. The lowest BCUT2D eigenvalue weighted by Gasteiger charge is -2.08. The van der Waals surface area contributed by atoms with Crippen LogP contribution in [-0.4, -0.2) is 17.6 Å². The van der Waals surface area contributed by atoms with E-state index >= 15 is 0 Å². The van der Waals surface area contributed by atoms with Gasteiger partial charge in [0.15, 0.2) is 0 Å². The van der Waals surface area contributed by atoms with Crippen LogP contribution in [0.1, 0.15) is 0 Å². The maximum absolute atomic E-state index is 12.8. The van der Waals surface area contributed by atoms with Crippen molar-refractivity contribution in [2.24, 2.45) is 0 Å². The summed E-state index contributed by atoms with van der Waals surface area (Å²) in [5, 5.41) is 9.07. The molecule has 2 aromatic rings. The third kappa shape index (κ3) is 6.86. The summed E-state index contributed by atoms with van der Waals surface area (Å²) in [5.74, 6) is 0.271.